The van der Waals surface area contributed by atoms with Crippen molar-refractivity contribution in [2.24, 2.45) is 0 Å². The van der Waals surface area contributed by atoms with Gasteiger partial charge in [0.25, 0.3) is 5.56 Å². The molecule has 1 aliphatic heterocycles. The minimum Gasteiger partial charge on any atom is -0.507 e. The number of nitrogens with zero attached hydrogens (tertiary/aromatic N) is 4. The fourth-order valence-electron chi connectivity index (χ4n) is 4.48. The van der Waals surface area contributed by atoms with Crippen LogP contribution in [-0.4, -0.2) is 45.7 Å². The summed E-state index contributed by atoms with van der Waals surface area (Å²) in [4.78, 5) is 22.4. The third-order valence-corrected chi connectivity index (χ3v) is 6.16. The molecule has 0 radical (unpaired) electrons. The van der Waals surface area contributed by atoms with E-state index < -0.39 is 0 Å². The number of anilines is 1. The van der Waals surface area contributed by atoms with Crippen LogP contribution in [0.3, 0.4) is 0 Å². The van der Waals surface area contributed by atoms with E-state index in [4.69, 9.17) is 0 Å². The minimum absolute atomic E-state index is 0.0740. The van der Waals surface area contributed by atoms with Crippen LogP contribution in [0, 0.1) is 13.8 Å². The quantitative estimate of drug-likeness (QED) is 0.687. The van der Waals surface area contributed by atoms with Crippen molar-refractivity contribution in [2.75, 3.05) is 31.1 Å². The van der Waals surface area contributed by atoms with E-state index in [1.807, 2.05) is 38.2 Å². The van der Waals surface area contributed by atoms with Gasteiger partial charge in [0.1, 0.15) is 11.6 Å². The molecule has 1 atom stereocenters. The Labute approximate surface area is 183 Å². The standard InChI is InChI=1S/C25H30N4O2/c1-4-29-19(3)17-21(30)23(25(29)31)24(20-10-8-18(2)9-11-20)28-15-13-27(14-16-28)22-7-5-6-12-26-22/h5-12,17,24,30H,4,13-16H2,1-3H3/t24-/m1/s1. The molecule has 4 rings (SSSR count). The molecular formula is C25H30N4O2. The first-order valence-electron chi connectivity index (χ1n) is 10.9. The van der Waals surface area contributed by atoms with Crippen LogP contribution in [0.1, 0.15) is 35.3 Å². The van der Waals surface area contributed by atoms with Gasteiger partial charge in [-0.2, -0.15) is 0 Å². The summed E-state index contributed by atoms with van der Waals surface area (Å²) >= 11 is 0. The topological polar surface area (TPSA) is 61.6 Å². The first kappa shape index (κ1) is 21.1. The van der Waals surface area contributed by atoms with Gasteiger partial charge in [-0.05, 0) is 44.5 Å². The Kier molecular flexibility index (Phi) is 6.09. The number of rotatable bonds is 5. The number of piperazine rings is 1. The van der Waals surface area contributed by atoms with E-state index in [0.29, 0.717) is 12.1 Å². The molecule has 0 saturated carbocycles. The molecule has 1 aliphatic rings. The van der Waals surface area contributed by atoms with Crippen molar-refractivity contribution in [2.45, 2.75) is 33.4 Å². The van der Waals surface area contributed by atoms with Crippen molar-refractivity contribution in [3.05, 3.63) is 87.5 Å². The highest BCUT2D eigenvalue weighted by Gasteiger charge is 2.31. The van der Waals surface area contributed by atoms with Crippen LogP contribution in [0.4, 0.5) is 5.82 Å². The normalized spacial score (nSPS) is 15.8. The zero-order valence-corrected chi connectivity index (χ0v) is 18.5. The van der Waals surface area contributed by atoms with Gasteiger partial charge in [0.15, 0.2) is 0 Å². The highest BCUT2D eigenvalue weighted by atomic mass is 16.3. The van der Waals surface area contributed by atoms with Gasteiger partial charge in [-0.15, -0.1) is 0 Å². The summed E-state index contributed by atoms with van der Waals surface area (Å²) < 4.78 is 1.74. The molecule has 162 valence electrons. The second-order valence-electron chi connectivity index (χ2n) is 8.16. The largest absolute Gasteiger partial charge is 0.507 e. The van der Waals surface area contributed by atoms with Crippen molar-refractivity contribution >= 4 is 5.82 Å². The molecule has 1 N–H and O–H groups in total. The molecule has 0 spiro atoms. The summed E-state index contributed by atoms with van der Waals surface area (Å²) in [5, 5.41) is 10.9. The Morgan fingerprint density at radius 2 is 1.74 bits per heavy atom. The fraction of sp³-hybridized carbons (Fsp3) is 0.360. The number of hydrogen-bond donors (Lipinski definition) is 1. The van der Waals surface area contributed by atoms with Gasteiger partial charge in [0.2, 0.25) is 0 Å². The van der Waals surface area contributed by atoms with Gasteiger partial charge in [-0.1, -0.05) is 35.9 Å². The lowest BCUT2D eigenvalue weighted by Crippen LogP contribution is -2.49. The average molecular weight is 419 g/mol. The maximum atomic E-state index is 13.4. The lowest BCUT2D eigenvalue weighted by Gasteiger charge is -2.40. The molecule has 0 amide bonds. The molecule has 31 heavy (non-hydrogen) atoms. The summed E-state index contributed by atoms with van der Waals surface area (Å²) in [5.41, 5.74) is 3.31. The maximum Gasteiger partial charge on any atom is 0.259 e. The van der Waals surface area contributed by atoms with E-state index in [1.165, 1.54) is 5.56 Å². The first-order chi connectivity index (χ1) is 15.0. The van der Waals surface area contributed by atoms with Crippen molar-refractivity contribution in [3.63, 3.8) is 0 Å². The molecule has 1 fully saturated rings. The van der Waals surface area contributed by atoms with Crippen LogP contribution in [0.2, 0.25) is 0 Å². The summed E-state index contributed by atoms with van der Waals surface area (Å²) in [7, 11) is 0. The highest BCUT2D eigenvalue weighted by Crippen LogP contribution is 2.33. The van der Waals surface area contributed by atoms with Crippen molar-refractivity contribution in [1.29, 1.82) is 0 Å². The van der Waals surface area contributed by atoms with Crippen LogP contribution >= 0.6 is 0 Å². The third-order valence-electron chi connectivity index (χ3n) is 6.16. The molecule has 1 aromatic carbocycles. The molecule has 0 bridgehead atoms. The van der Waals surface area contributed by atoms with Gasteiger partial charge in [0, 0.05) is 44.6 Å². The van der Waals surface area contributed by atoms with E-state index in [9.17, 15) is 9.90 Å². The smallest absolute Gasteiger partial charge is 0.259 e. The lowest BCUT2D eigenvalue weighted by molar-refractivity contribution is 0.207. The predicted octanol–water partition coefficient (Wildman–Crippen LogP) is 3.50. The minimum atomic E-state index is -0.294. The second-order valence-corrected chi connectivity index (χ2v) is 8.16. The molecule has 3 aromatic rings. The lowest BCUT2D eigenvalue weighted by atomic mass is 9.95. The number of hydrogen-bond acceptors (Lipinski definition) is 5. The van der Waals surface area contributed by atoms with E-state index in [-0.39, 0.29) is 17.4 Å². The Morgan fingerprint density at radius 3 is 2.35 bits per heavy atom. The molecule has 0 aliphatic carbocycles. The van der Waals surface area contributed by atoms with Gasteiger partial charge in [0.05, 0.1) is 11.6 Å². The van der Waals surface area contributed by atoms with Crippen LogP contribution in [0.25, 0.3) is 0 Å². The Morgan fingerprint density at radius 1 is 1.03 bits per heavy atom. The van der Waals surface area contributed by atoms with Gasteiger partial charge < -0.3 is 14.6 Å². The monoisotopic (exact) mass is 418 g/mol. The molecule has 6 nitrogen and oxygen atoms in total. The summed E-state index contributed by atoms with van der Waals surface area (Å²) in [6, 6.07) is 15.6. The second kappa shape index (κ2) is 8.94. The first-order valence-corrected chi connectivity index (χ1v) is 10.9. The van der Waals surface area contributed by atoms with Gasteiger partial charge in [-0.25, -0.2) is 4.98 Å². The Balaban J connectivity index is 1.72. The van der Waals surface area contributed by atoms with Crippen molar-refractivity contribution in [3.8, 4) is 5.75 Å². The molecule has 2 aromatic heterocycles. The van der Waals surface area contributed by atoms with Crippen LogP contribution in [0.15, 0.2) is 59.5 Å². The van der Waals surface area contributed by atoms with Gasteiger partial charge >= 0.3 is 0 Å². The van der Waals surface area contributed by atoms with Crippen LogP contribution in [0.5, 0.6) is 5.75 Å². The predicted molar refractivity (Wildman–Crippen MR) is 124 cm³/mol. The highest BCUT2D eigenvalue weighted by molar-refractivity contribution is 5.43. The van der Waals surface area contributed by atoms with Crippen LogP contribution < -0.4 is 10.5 Å². The van der Waals surface area contributed by atoms with E-state index >= 15 is 0 Å². The number of aryl methyl sites for hydroxylation is 2. The summed E-state index contributed by atoms with van der Waals surface area (Å²) in [6.45, 7) is 9.62. The Bertz CT molecular complexity index is 1090. The zero-order chi connectivity index (χ0) is 22.0. The SMILES string of the molecule is CCn1c(C)cc(O)c([C@@H](c2ccc(C)cc2)N2CCN(c3ccccn3)CC2)c1=O. The number of aromatic hydroxyl groups is 1. The number of benzene rings is 1. The average Bonchev–Trinajstić information content (AvgIpc) is 2.78. The third kappa shape index (κ3) is 4.21. The number of pyridine rings is 2. The Hall–Kier alpha value is -3.12. The fourth-order valence-corrected chi connectivity index (χ4v) is 4.48. The summed E-state index contributed by atoms with van der Waals surface area (Å²) in [5.74, 6) is 1.05. The number of aromatic nitrogens is 2. The molecule has 6 heteroatoms. The van der Waals surface area contributed by atoms with E-state index in [1.54, 1.807) is 10.6 Å². The van der Waals surface area contributed by atoms with Crippen molar-refractivity contribution in [1.82, 2.24) is 14.5 Å². The molecular weight excluding hydrogens is 388 g/mol. The molecule has 3 heterocycles. The molecule has 0 unspecified atom stereocenters. The van der Waals surface area contributed by atoms with E-state index in [0.717, 1.165) is 43.3 Å². The summed E-state index contributed by atoms with van der Waals surface area (Å²) in [6.07, 6.45) is 1.81. The van der Waals surface area contributed by atoms with Gasteiger partial charge in [-0.3, -0.25) is 9.69 Å². The van der Waals surface area contributed by atoms with Crippen molar-refractivity contribution < 1.29 is 5.11 Å². The van der Waals surface area contributed by atoms with E-state index in [2.05, 4.69) is 46.0 Å². The zero-order valence-electron chi connectivity index (χ0n) is 18.5. The molecule has 1 saturated heterocycles. The maximum absolute atomic E-state index is 13.4. The van der Waals surface area contributed by atoms with Crippen LogP contribution in [-0.2, 0) is 6.54 Å².